The lowest BCUT2D eigenvalue weighted by Crippen LogP contribution is -2.00. The SMILES string of the molecule is O=C(O)c1ccc(Cl)c2c1CCO2. The molecule has 1 heterocycles. The summed E-state index contributed by atoms with van der Waals surface area (Å²) in [6.07, 6.45) is 0.623. The van der Waals surface area contributed by atoms with Gasteiger partial charge in [-0.2, -0.15) is 0 Å². The van der Waals surface area contributed by atoms with E-state index in [1.165, 1.54) is 6.07 Å². The van der Waals surface area contributed by atoms with E-state index in [1.54, 1.807) is 6.07 Å². The van der Waals surface area contributed by atoms with Crippen molar-refractivity contribution in [2.75, 3.05) is 6.61 Å². The van der Waals surface area contributed by atoms with Crippen molar-refractivity contribution in [2.45, 2.75) is 6.42 Å². The number of rotatable bonds is 1. The maximum absolute atomic E-state index is 10.8. The Bertz CT molecular complexity index is 373. The first-order valence-corrected chi connectivity index (χ1v) is 4.25. The number of ether oxygens (including phenoxy) is 1. The first kappa shape index (κ1) is 8.38. The summed E-state index contributed by atoms with van der Waals surface area (Å²) in [4.78, 5) is 10.8. The summed E-state index contributed by atoms with van der Waals surface area (Å²) in [5, 5.41) is 9.33. The van der Waals surface area contributed by atoms with E-state index in [2.05, 4.69) is 0 Å². The molecule has 0 aliphatic carbocycles. The predicted octanol–water partition coefficient (Wildman–Crippen LogP) is 1.97. The fourth-order valence-electron chi connectivity index (χ4n) is 1.46. The van der Waals surface area contributed by atoms with Crippen molar-refractivity contribution in [1.29, 1.82) is 0 Å². The second-order valence-electron chi connectivity index (χ2n) is 2.81. The van der Waals surface area contributed by atoms with Crippen LogP contribution in [0.2, 0.25) is 5.02 Å². The molecule has 0 bridgehead atoms. The smallest absolute Gasteiger partial charge is 0.336 e. The average Bonchev–Trinajstić information content (AvgIpc) is 2.53. The van der Waals surface area contributed by atoms with Gasteiger partial charge in [0.1, 0.15) is 5.75 Å². The van der Waals surface area contributed by atoms with Gasteiger partial charge in [-0.05, 0) is 12.1 Å². The fraction of sp³-hybridized carbons (Fsp3) is 0.222. The lowest BCUT2D eigenvalue weighted by molar-refractivity contribution is 0.0696. The van der Waals surface area contributed by atoms with Gasteiger partial charge in [0.25, 0.3) is 0 Å². The molecule has 1 N–H and O–H groups in total. The van der Waals surface area contributed by atoms with E-state index in [-0.39, 0.29) is 5.56 Å². The summed E-state index contributed by atoms with van der Waals surface area (Å²) in [7, 11) is 0. The van der Waals surface area contributed by atoms with E-state index < -0.39 is 5.97 Å². The summed E-state index contributed by atoms with van der Waals surface area (Å²) in [6, 6.07) is 3.06. The van der Waals surface area contributed by atoms with Crippen LogP contribution in [0.15, 0.2) is 12.1 Å². The molecule has 0 aromatic heterocycles. The minimum atomic E-state index is -0.932. The molecule has 1 aromatic rings. The molecule has 0 radical (unpaired) electrons. The summed E-state index contributed by atoms with van der Waals surface area (Å²) < 4.78 is 5.22. The lowest BCUT2D eigenvalue weighted by Gasteiger charge is -2.03. The molecule has 0 fully saturated rings. The van der Waals surface area contributed by atoms with Gasteiger partial charge in [-0.25, -0.2) is 4.79 Å². The van der Waals surface area contributed by atoms with E-state index in [9.17, 15) is 4.79 Å². The summed E-state index contributed by atoms with van der Waals surface area (Å²) >= 11 is 5.83. The Morgan fingerprint density at radius 3 is 3.00 bits per heavy atom. The molecular weight excluding hydrogens is 192 g/mol. The van der Waals surface area contributed by atoms with Crippen LogP contribution in [0.4, 0.5) is 0 Å². The third-order valence-corrected chi connectivity index (χ3v) is 2.34. The quantitative estimate of drug-likeness (QED) is 0.751. The highest BCUT2D eigenvalue weighted by Crippen LogP contribution is 2.35. The number of benzene rings is 1. The second kappa shape index (κ2) is 2.92. The fourth-order valence-corrected chi connectivity index (χ4v) is 1.69. The van der Waals surface area contributed by atoms with Crippen LogP contribution < -0.4 is 4.74 Å². The van der Waals surface area contributed by atoms with Crippen molar-refractivity contribution in [3.05, 3.63) is 28.3 Å². The average molecular weight is 199 g/mol. The Labute approximate surface area is 79.9 Å². The molecule has 1 aliphatic rings. The van der Waals surface area contributed by atoms with Gasteiger partial charge in [-0.3, -0.25) is 0 Å². The molecule has 13 heavy (non-hydrogen) atoms. The highest BCUT2D eigenvalue weighted by atomic mass is 35.5. The van der Waals surface area contributed by atoms with Crippen molar-refractivity contribution in [3.8, 4) is 5.75 Å². The highest BCUT2D eigenvalue weighted by molar-refractivity contribution is 6.32. The predicted molar refractivity (Wildman–Crippen MR) is 47.6 cm³/mol. The van der Waals surface area contributed by atoms with Gasteiger partial charge in [-0.1, -0.05) is 11.6 Å². The summed E-state index contributed by atoms with van der Waals surface area (Å²) in [5.41, 5.74) is 0.997. The Morgan fingerprint density at radius 1 is 1.54 bits per heavy atom. The second-order valence-corrected chi connectivity index (χ2v) is 3.21. The van der Waals surface area contributed by atoms with Gasteiger partial charge in [0.2, 0.25) is 0 Å². The zero-order chi connectivity index (χ0) is 9.42. The van der Waals surface area contributed by atoms with Crippen LogP contribution in [0.1, 0.15) is 15.9 Å². The number of carboxylic acid groups (broad SMARTS) is 1. The number of carbonyl (C=O) groups is 1. The largest absolute Gasteiger partial charge is 0.491 e. The molecular formula is C9H7ClO3. The topological polar surface area (TPSA) is 46.5 Å². The third-order valence-electron chi connectivity index (χ3n) is 2.04. The maximum atomic E-state index is 10.8. The molecule has 1 aliphatic heterocycles. The number of carboxylic acids is 1. The van der Waals surface area contributed by atoms with Crippen LogP contribution in [0.3, 0.4) is 0 Å². The number of hydrogen-bond donors (Lipinski definition) is 1. The third kappa shape index (κ3) is 1.25. The highest BCUT2D eigenvalue weighted by Gasteiger charge is 2.22. The Balaban J connectivity index is 2.62. The van der Waals surface area contributed by atoms with Gasteiger partial charge in [0.15, 0.2) is 0 Å². The molecule has 0 amide bonds. The minimum Gasteiger partial charge on any atom is -0.491 e. The molecule has 4 heteroatoms. The normalized spacial score (nSPS) is 13.6. The number of halogens is 1. The van der Waals surface area contributed by atoms with Gasteiger partial charge in [0.05, 0.1) is 17.2 Å². The maximum Gasteiger partial charge on any atom is 0.336 e. The molecule has 3 nitrogen and oxygen atoms in total. The Morgan fingerprint density at radius 2 is 2.31 bits per heavy atom. The van der Waals surface area contributed by atoms with Crippen molar-refractivity contribution >= 4 is 17.6 Å². The van der Waals surface area contributed by atoms with Gasteiger partial charge in [-0.15, -0.1) is 0 Å². The Kier molecular flexibility index (Phi) is 1.88. The monoisotopic (exact) mass is 198 g/mol. The number of aromatic carboxylic acids is 1. The molecule has 0 unspecified atom stereocenters. The van der Waals surface area contributed by atoms with Crippen molar-refractivity contribution in [1.82, 2.24) is 0 Å². The molecule has 0 atom stereocenters. The summed E-state index contributed by atoms with van der Waals surface area (Å²) in [5.74, 6) is -0.403. The molecule has 68 valence electrons. The first-order chi connectivity index (χ1) is 6.20. The van der Waals surface area contributed by atoms with Crippen molar-refractivity contribution < 1.29 is 14.6 Å². The molecule has 2 rings (SSSR count). The van der Waals surface area contributed by atoms with Gasteiger partial charge in [0, 0.05) is 12.0 Å². The van der Waals surface area contributed by atoms with Crippen LogP contribution >= 0.6 is 11.6 Å². The zero-order valence-electron chi connectivity index (χ0n) is 6.71. The van der Waals surface area contributed by atoms with Crippen LogP contribution in [0, 0.1) is 0 Å². The van der Waals surface area contributed by atoms with Crippen LogP contribution in [0.5, 0.6) is 5.75 Å². The van der Waals surface area contributed by atoms with E-state index >= 15 is 0 Å². The van der Waals surface area contributed by atoms with E-state index in [1.807, 2.05) is 0 Å². The minimum absolute atomic E-state index is 0.289. The zero-order valence-corrected chi connectivity index (χ0v) is 7.47. The van der Waals surface area contributed by atoms with Gasteiger partial charge < -0.3 is 9.84 Å². The van der Waals surface area contributed by atoms with E-state index in [0.717, 1.165) is 0 Å². The standard InChI is InChI=1S/C9H7ClO3/c10-7-2-1-6(9(11)12)5-3-4-13-8(5)7/h1-2H,3-4H2,(H,11,12). The number of hydrogen-bond acceptors (Lipinski definition) is 2. The Hall–Kier alpha value is -1.22. The van der Waals surface area contributed by atoms with E-state index in [0.29, 0.717) is 29.4 Å². The van der Waals surface area contributed by atoms with Crippen molar-refractivity contribution in [2.24, 2.45) is 0 Å². The molecule has 1 aromatic carbocycles. The molecule has 0 saturated heterocycles. The molecule has 0 saturated carbocycles. The molecule has 0 spiro atoms. The van der Waals surface area contributed by atoms with Gasteiger partial charge >= 0.3 is 5.97 Å². The first-order valence-electron chi connectivity index (χ1n) is 3.87. The van der Waals surface area contributed by atoms with Crippen LogP contribution in [0.25, 0.3) is 0 Å². The van der Waals surface area contributed by atoms with Crippen LogP contribution in [-0.4, -0.2) is 17.7 Å². The summed E-state index contributed by atoms with van der Waals surface area (Å²) in [6.45, 7) is 0.513. The van der Waals surface area contributed by atoms with E-state index in [4.69, 9.17) is 21.4 Å². The van der Waals surface area contributed by atoms with Crippen LogP contribution in [-0.2, 0) is 6.42 Å². The lowest BCUT2D eigenvalue weighted by atomic mass is 10.1. The number of fused-ring (bicyclic) bond motifs is 1. The van der Waals surface area contributed by atoms with Crippen molar-refractivity contribution in [3.63, 3.8) is 0 Å².